The quantitative estimate of drug-likeness (QED) is 0.283. The van der Waals surface area contributed by atoms with Gasteiger partial charge in [0, 0.05) is 52.9 Å². The van der Waals surface area contributed by atoms with Gasteiger partial charge in [-0.15, -0.1) is 0 Å². The van der Waals surface area contributed by atoms with Crippen molar-refractivity contribution in [2.75, 3.05) is 66.0 Å². The molecule has 0 N–H and O–H groups in total. The Morgan fingerprint density at radius 2 is 1.38 bits per heavy atom. The van der Waals surface area contributed by atoms with Crippen LogP contribution >= 0.6 is 0 Å². The Morgan fingerprint density at radius 3 is 1.88 bits per heavy atom. The number of likely N-dealkylation sites (N-methyl/N-ethyl adjacent to an activating group) is 2. The van der Waals surface area contributed by atoms with Gasteiger partial charge in [0.05, 0.1) is 17.9 Å². The number of alkyl halides is 6. The first kappa shape index (κ1) is 33.4. The van der Waals surface area contributed by atoms with Crippen LogP contribution in [-0.2, 0) is 4.79 Å². The number of carbonyl (C=O) groups excluding carboxylic acids is 1. The third-order valence-electron chi connectivity index (χ3n) is 9.76. The number of hydrogen-bond donors (Lipinski definition) is 0. The Kier molecular flexibility index (Phi) is 12.5. The second kappa shape index (κ2) is 14.9. The zero-order valence-electron chi connectivity index (χ0n) is 24.6. The molecule has 3 atom stereocenters. The molecule has 3 unspecified atom stereocenters. The molecule has 1 heterocycles. The SMILES string of the molecule is CCN(CC)CCN1CCN(C(C(=O)N(C)CCC2CC(C(F)(F)F)CC(C(F)(F)F)C2)C2CCCCC2)CC1. The van der Waals surface area contributed by atoms with Crippen LogP contribution in [-0.4, -0.2) is 110 Å². The lowest BCUT2D eigenvalue weighted by atomic mass is 9.73. The van der Waals surface area contributed by atoms with Crippen LogP contribution in [0, 0.1) is 23.7 Å². The van der Waals surface area contributed by atoms with Gasteiger partial charge >= 0.3 is 12.4 Å². The monoisotopic (exact) mass is 584 g/mol. The normalized spacial score (nSPS) is 27.2. The second-order valence-electron chi connectivity index (χ2n) is 12.3. The molecular formula is C29H50F6N4O. The van der Waals surface area contributed by atoms with Crippen molar-refractivity contribution < 1.29 is 31.1 Å². The molecule has 2 aliphatic carbocycles. The van der Waals surface area contributed by atoms with Gasteiger partial charge in [-0.3, -0.25) is 14.6 Å². The third kappa shape index (κ3) is 9.48. The maximum Gasteiger partial charge on any atom is 0.391 e. The molecule has 11 heteroatoms. The average molecular weight is 585 g/mol. The predicted molar refractivity (Wildman–Crippen MR) is 145 cm³/mol. The number of amides is 1. The molecule has 1 saturated heterocycles. The van der Waals surface area contributed by atoms with Crippen LogP contribution in [0.15, 0.2) is 0 Å². The molecule has 0 aromatic heterocycles. The van der Waals surface area contributed by atoms with Crippen LogP contribution in [0.4, 0.5) is 26.3 Å². The minimum atomic E-state index is -4.64. The maximum atomic E-state index is 13.8. The third-order valence-corrected chi connectivity index (χ3v) is 9.76. The van der Waals surface area contributed by atoms with Crippen LogP contribution < -0.4 is 0 Å². The van der Waals surface area contributed by atoms with Crippen molar-refractivity contribution in [2.24, 2.45) is 23.7 Å². The summed E-state index contributed by atoms with van der Waals surface area (Å²) in [5, 5.41) is 0. The zero-order chi connectivity index (χ0) is 29.5. The topological polar surface area (TPSA) is 30.0 Å². The molecule has 0 aromatic rings. The smallest absolute Gasteiger partial charge is 0.344 e. The first-order valence-electron chi connectivity index (χ1n) is 15.4. The standard InChI is InChI=1S/C29H50F6N4O/c1-4-37(5-2)13-14-38-15-17-39(18-16-38)26(23-9-7-6-8-10-23)27(40)36(3)12-11-22-19-24(28(30,31)32)21-25(20-22)29(33,34)35/h22-26H,4-21H2,1-3H3. The summed E-state index contributed by atoms with van der Waals surface area (Å²) < 4.78 is 80.6. The van der Waals surface area contributed by atoms with E-state index in [9.17, 15) is 31.1 Å². The Morgan fingerprint density at radius 1 is 0.825 bits per heavy atom. The fraction of sp³-hybridized carbons (Fsp3) is 0.966. The lowest BCUT2D eigenvalue weighted by Gasteiger charge is -2.44. The molecule has 1 aliphatic heterocycles. The van der Waals surface area contributed by atoms with E-state index in [4.69, 9.17) is 0 Å². The van der Waals surface area contributed by atoms with E-state index in [0.29, 0.717) is 0 Å². The van der Waals surface area contributed by atoms with E-state index in [-0.39, 0.29) is 43.7 Å². The fourth-order valence-electron chi connectivity index (χ4n) is 7.11. The molecule has 0 bridgehead atoms. The van der Waals surface area contributed by atoms with Crippen LogP contribution in [0.25, 0.3) is 0 Å². The molecule has 40 heavy (non-hydrogen) atoms. The molecule has 0 spiro atoms. The summed E-state index contributed by atoms with van der Waals surface area (Å²) in [6.45, 7) is 11.9. The summed E-state index contributed by atoms with van der Waals surface area (Å²) in [5.74, 6) is -4.37. The minimum absolute atomic E-state index is 0.0287. The number of carbonyl (C=O) groups is 1. The number of halogens is 6. The maximum absolute atomic E-state index is 13.8. The summed E-state index contributed by atoms with van der Waals surface area (Å²) in [6.07, 6.45) is -5.28. The van der Waals surface area contributed by atoms with E-state index in [1.165, 1.54) is 0 Å². The number of nitrogens with zero attached hydrogens (tertiary/aromatic N) is 4. The molecule has 3 fully saturated rings. The van der Waals surface area contributed by atoms with Crippen molar-refractivity contribution in [2.45, 2.75) is 90.0 Å². The minimum Gasteiger partial charge on any atom is -0.344 e. The van der Waals surface area contributed by atoms with Crippen molar-refractivity contribution in [1.82, 2.24) is 19.6 Å². The van der Waals surface area contributed by atoms with Crippen LogP contribution in [0.2, 0.25) is 0 Å². The lowest BCUT2D eigenvalue weighted by molar-refractivity contribution is -0.229. The molecule has 0 radical (unpaired) electrons. The van der Waals surface area contributed by atoms with Gasteiger partial charge in [-0.05, 0) is 63.5 Å². The number of piperazine rings is 1. The highest BCUT2D eigenvalue weighted by atomic mass is 19.4. The summed E-state index contributed by atoms with van der Waals surface area (Å²) >= 11 is 0. The average Bonchev–Trinajstić information content (AvgIpc) is 2.92. The van der Waals surface area contributed by atoms with Gasteiger partial charge in [0.1, 0.15) is 0 Å². The highest BCUT2D eigenvalue weighted by molar-refractivity contribution is 5.82. The van der Waals surface area contributed by atoms with Crippen molar-refractivity contribution in [3.8, 4) is 0 Å². The van der Waals surface area contributed by atoms with Gasteiger partial charge in [-0.2, -0.15) is 26.3 Å². The first-order chi connectivity index (χ1) is 18.8. The van der Waals surface area contributed by atoms with Crippen molar-refractivity contribution in [3.05, 3.63) is 0 Å². The molecule has 234 valence electrons. The summed E-state index contributed by atoms with van der Waals surface area (Å²) in [4.78, 5) is 22.6. The number of hydrogen-bond acceptors (Lipinski definition) is 4. The Balaban J connectivity index is 1.61. The molecular weight excluding hydrogens is 534 g/mol. The predicted octanol–water partition coefficient (Wildman–Crippen LogP) is 5.90. The highest BCUT2D eigenvalue weighted by Crippen LogP contribution is 2.48. The van der Waals surface area contributed by atoms with E-state index in [1.807, 2.05) is 0 Å². The molecule has 3 aliphatic rings. The molecule has 3 rings (SSSR count). The van der Waals surface area contributed by atoms with Crippen molar-refractivity contribution in [1.29, 1.82) is 0 Å². The molecule has 1 amide bonds. The van der Waals surface area contributed by atoms with Crippen molar-refractivity contribution >= 4 is 5.91 Å². The first-order valence-corrected chi connectivity index (χ1v) is 15.4. The highest BCUT2D eigenvalue weighted by Gasteiger charge is 2.51. The fourth-order valence-corrected chi connectivity index (χ4v) is 7.11. The van der Waals surface area contributed by atoms with Crippen LogP contribution in [0.5, 0.6) is 0 Å². The van der Waals surface area contributed by atoms with Crippen LogP contribution in [0.3, 0.4) is 0 Å². The Bertz CT molecular complexity index is 739. The Labute approximate surface area is 236 Å². The lowest BCUT2D eigenvalue weighted by Crippen LogP contribution is -2.58. The van der Waals surface area contributed by atoms with E-state index in [2.05, 4.69) is 28.5 Å². The summed E-state index contributed by atoms with van der Waals surface area (Å²) in [5.41, 5.74) is 0. The largest absolute Gasteiger partial charge is 0.391 e. The van der Waals surface area contributed by atoms with E-state index >= 15 is 0 Å². The van der Waals surface area contributed by atoms with E-state index < -0.39 is 36.5 Å². The van der Waals surface area contributed by atoms with Gasteiger partial charge in [0.2, 0.25) is 5.91 Å². The summed E-state index contributed by atoms with van der Waals surface area (Å²) in [6, 6.07) is -0.271. The second-order valence-corrected chi connectivity index (χ2v) is 12.3. The van der Waals surface area contributed by atoms with Crippen LogP contribution in [0.1, 0.15) is 71.6 Å². The van der Waals surface area contributed by atoms with Gasteiger partial charge in [-0.25, -0.2) is 0 Å². The van der Waals surface area contributed by atoms with Gasteiger partial charge in [0.25, 0.3) is 0 Å². The molecule has 5 nitrogen and oxygen atoms in total. The van der Waals surface area contributed by atoms with E-state index in [1.54, 1.807) is 11.9 Å². The van der Waals surface area contributed by atoms with Gasteiger partial charge < -0.3 is 9.80 Å². The molecule has 2 saturated carbocycles. The van der Waals surface area contributed by atoms with E-state index in [0.717, 1.165) is 84.5 Å². The van der Waals surface area contributed by atoms with Gasteiger partial charge in [-0.1, -0.05) is 33.1 Å². The number of rotatable bonds is 11. The van der Waals surface area contributed by atoms with Crippen molar-refractivity contribution in [3.63, 3.8) is 0 Å². The summed E-state index contributed by atoms with van der Waals surface area (Å²) in [7, 11) is 1.67. The zero-order valence-corrected chi connectivity index (χ0v) is 24.6. The Hall–Kier alpha value is -1.07. The molecule has 0 aromatic carbocycles. The van der Waals surface area contributed by atoms with Gasteiger partial charge in [0.15, 0.2) is 0 Å².